The zero-order valence-corrected chi connectivity index (χ0v) is 12.0. The quantitative estimate of drug-likeness (QED) is 0.826. The Morgan fingerprint density at radius 2 is 2.36 bits per heavy atom. The number of aromatic amines is 1. The second-order valence-electron chi connectivity index (χ2n) is 5.31. The van der Waals surface area contributed by atoms with Crippen LogP contribution in [0.25, 0.3) is 0 Å². The Balaban J connectivity index is 1.64. The van der Waals surface area contributed by atoms with Gasteiger partial charge >= 0.3 is 0 Å². The van der Waals surface area contributed by atoms with Gasteiger partial charge in [0.2, 0.25) is 0 Å². The van der Waals surface area contributed by atoms with Gasteiger partial charge in [-0.3, -0.25) is 9.59 Å². The predicted molar refractivity (Wildman–Crippen MR) is 75.4 cm³/mol. The zero-order valence-electron chi connectivity index (χ0n) is 12.0. The molecule has 8 heteroatoms. The number of hydrogen-bond donors (Lipinski definition) is 2. The van der Waals surface area contributed by atoms with E-state index in [9.17, 15) is 9.59 Å². The van der Waals surface area contributed by atoms with E-state index in [4.69, 9.17) is 9.26 Å². The number of rotatable bonds is 4. The molecule has 0 saturated carbocycles. The Labute approximate surface area is 125 Å². The molecule has 2 aromatic rings. The van der Waals surface area contributed by atoms with Gasteiger partial charge in [0.1, 0.15) is 11.5 Å². The fourth-order valence-corrected chi connectivity index (χ4v) is 2.44. The lowest BCUT2D eigenvalue weighted by Crippen LogP contribution is -2.41. The van der Waals surface area contributed by atoms with Crippen molar-refractivity contribution in [3.63, 3.8) is 0 Å². The number of carbonyl (C=O) groups is 1. The summed E-state index contributed by atoms with van der Waals surface area (Å²) in [5, 5.41) is 6.73. The molecule has 3 rings (SSSR count). The normalized spacial score (nSPS) is 21.0. The molecule has 1 saturated heterocycles. The lowest BCUT2D eigenvalue weighted by atomic mass is 9.98. The number of ether oxygens (including phenoxy) is 1. The summed E-state index contributed by atoms with van der Waals surface area (Å²) in [5.41, 5.74) is 0.645. The summed E-state index contributed by atoms with van der Waals surface area (Å²) in [6.45, 7) is 2.84. The molecular formula is C14H16N4O4. The molecule has 116 valence electrons. The molecule has 8 nitrogen and oxygen atoms in total. The minimum Gasteiger partial charge on any atom is -0.379 e. The highest BCUT2D eigenvalue weighted by Gasteiger charge is 2.31. The summed E-state index contributed by atoms with van der Waals surface area (Å²) in [4.78, 5) is 29.3. The molecule has 0 bridgehead atoms. The Bertz CT molecular complexity index is 703. The molecule has 0 spiro atoms. The average molecular weight is 304 g/mol. The van der Waals surface area contributed by atoms with Crippen LogP contribution in [0.4, 0.5) is 0 Å². The molecule has 0 aromatic carbocycles. The van der Waals surface area contributed by atoms with Gasteiger partial charge in [-0.25, -0.2) is 4.98 Å². The van der Waals surface area contributed by atoms with Gasteiger partial charge in [-0.05, 0) is 6.92 Å². The van der Waals surface area contributed by atoms with E-state index in [1.807, 2.05) is 13.0 Å². The fraction of sp³-hybridized carbons (Fsp3) is 0.429. The third-order valence-corrected chi connectivity index (χ3v) is 3.56. The van der Waals surface area contributed by atoms with Crippen LogP contribution in [-0.4, -0.2) is 40.3 Å². The van der Waals surface area contributed by atoms with Crippen molar-refractivity contribution < 1.29 is 14.1 Å². The Kier molecular flexibility index (Phi) is 4.01. The van der Waals surface area contributed by atoms with Crippen LogP contribution in [0.5, 0.6) is 0 Å². The average Bonchev–Trinajstić information content (AvgIpc) is 3.10. The number of nitrogens with zero attached hydrogens (tertiary/aromatic N) is 2. The standard InChI is InChI=1S/C14H16N4O4/c1-8-2-10(22-18-8)3-9-6-21-7-12(9)17-14(20)11-4-16-13(19)5-15-11/h2,4-5,9,12H,3,6-7H2,1H3,(H,16,19)(H,17,20)/t9-,12+/m1/s1. The molecule has 22 heavy (non-hydrogen) atoms. The summed E-state index contributed by atoms with van der Waals surface area (Å²) in [5.74, 6) is 0.541. The van der Waals surface area contributed by atoms with Crippen molar-refractivity contribution in [1.82, 2.24) is 20.4 Å². The third kappa shape index (κ3) is 3.22. The molecule has 0 aliphatic carbocycles. The van der Waals surface area contributed by atoms with Gasteiger partial charge in [0.05, 0.1) is 31.1 Å². The first-order chi connectivity index (χ1) is 10.6. The van der Waals surface area contributed by atoms with E-state index < -0.39 is 0 Å². The summed E-state index contributed by atoms with van der Waals surface area (Å²) < 4.78 is 10.7. The van der Waals surface area contributed by atoms with E-state index in [1.165, 1.54) is 6.20 Å². The van der Waals surface area contributed by atoms with E-state index in [1.54, 1.807) is 0 Å². The topological polar surface area (TPSA) is 110 Å². The van der Waals surface area contributed by atoms with Crippen molar-refractivity contribution in [1.29, 1.82) is 0 Å². The second-order valence-corrected chi connectivity index (χ2v) is 5.31. The fourth-order valence-electron chi connectivity index (χ4n) is 2.44. The van der Waals surface area contributed by atoms with Gasteiger partial charge < -0.3 is 19.6 Å². The first-order valence-corrected chi connectivity index (χ1v) is 6.97. The van der Waals surface area contributed by atoms with Crippen molar-refractivity contribution >= 4 is 5.91 Å². The SMILES string of the molecule is Cc1cc(C[C@@H]2COC[C@@H]2NC(=O)c2c[nH]c(=O)cn2)on1. The number of amides is 1. The minimum atomic E-state index is -0.348. The number of carbonyl (C=O) groups excluding carboxylic acids is 1. The maximum atomic E-state index is 12.1. The van der Waals surface area contributed by atoms with Crippen LogP contribution in [0.15, 0.2) is 27.8 Å². The molecule has 2 aromatic heterocycles. The van der Waals surface area contributed by atoms with Crippen LogP contribution < -0.4 is 10.9 Å². The van der Waals surface area contributed by atoms with Crippen LogP contribution in [0.3, 0.4) is 0 Å². The van der Waals surface area contributed by atoms with Gasteiger partial charge in [-0.2, -0.15) is 0 Å². The first kappa shape index (κ1) is 14.5. The zero-order chi connectivity index (χ0) is 15.5. The van der Waals surface area contributed by atoms with E-state index >= 15 is 0 Å². The van der Waals surface area contributed by atoms with Crippen LogP contribution in [-0.2, 0) is 11.2 Å². The molecule has 3 heterocycles. The highest BCUT2D eigenvalue weighted by Crippen LogP contribution is 2.20. The highest BCUT2D eigenvalue weighted by atomic mass is 16.5. The summed E-state index contributed by atoms with van der Waals surface area (Å²) in [6, 6.07) is 1.74. The maximum absolute atomic E-state index is 12.1. The molecule has 2 atom stereocenters. The Morgan fingerprint density at radius 1 is 1.50 bits per heavy atom. The van der Waals surface area contributed by atoms with Gasteiger partial charge in [-0.15, -0.1) is 0 Å². The summed E-state index contributed by atoms with van der Waals surface area (Å²) in [7, 11) is 0. The number of aryl methyl sites for hydroxylation is 1. The molecule has 0 radical (unpaired) electrons. The number of H-pyrrole nitrogens is 1. The predicted octanol–water partition coefficient (Wildman–Crippen LogP) is 0.0538. The summed E-state index contributed by atoms with van der Waals surface area (Å²) in [6.07, 6.45) is 3.02. The minimum absolute atomic E-state index is 0.110. The molecule has 1 aliphatic heterocycles. The van der Waals surface area contributed by atoms with Gasteiger partial charge in [0, 0.05) is 24.6 Å². The highest BCUT2D eigenvalue weighted by molar-refractivity contribution is 5.92. The van der Waals surface area contributed by atoms with Crippen molar-refractivity contribution in [3.8, 4) is 0 Å². The monoisotopic (exact) mass is 304 g/mol. The Hall–Kier alpha value is -2.48. The van der Waals surface area contributed by atoms with Crippen molar-refractivity contribution in [2.45, 2.75) is 19.4 Å². The lowest BCUT2D eigenvalue weighted by Gasteiger charge is -2.17. The van der Waals surface area contributed by atoms with Crippen molar-refractivity contribution in [2.75, 3.05) is 13.2 Å². The van der Waals surface area contributed by atoms with Crippen molar-refractivity contribution in [3.05, 3.63) is 46.0 Å². The first-order valence-electron chi connectivity index (χ1n) is 6.97. The maximum Gasteiger partial charge on any atom is 0.271 e. The van der Waals surface area contributed by atoms with Gasteiger partial charge in [0.25, 0.3) is 11.5 Å². The molecule has 1 fully saturated rings. The van der Waals surface area contributed by atoms with Crippen LogP contribution in [0.1, 0.15) is 21.9 Å². The van der Waals surface area contributed by atoms with E-state index in [2.05, 4.69) is 20.4 Å². The van der Waals surface area contributed by atoms with E-state index in [-0.39, 0.29) is 29.1 Å². The largest absolute Gasteiger partial charge is 0.379 e. The van der Waals surface area contributed by atoms with E-state index in [0.29, 0.717) is 19.6 Å². The van der Waals surface area contributed by atoms with Crippen LogP contribution >= 0.6 is 0 Å². The molecular weight excluding hydrogens is 288 g/mol. The van der Waals surface area contributed by atoms with E-state index in [0.717, 1.165) is 17.7 Å². The number of nitrogens with one attached hydrogen (secondary N) is 2. The van der Waals surface area contributed by atoms with Crippen LogP contribution in [0, 0.1) is 12.8 Å². The second kappa shape index (κ2) is 6.10. The summed E-state index contributed by atoms with van der Waals surface area (Å²) >= 11 is 0. The van der Waals surface area contributed by atoms with Crippen molar-refractivity contribution in [2.24, 2.45) is 5.92 Å². The number of aromatic nitrogens is 3. The molecule has 2 N–H and O–H groups in total. The molecule has 1 aliphatic rings. The third-order valence-electron chi connectivity index (χ3n) is 3.56. The van der Waals surface area contributed by atoms with Gasteiger partial charge in [0.15, 0.2) is 0 Å². The lowest BCUT2D eigenvalue weighted by molar-refractivity contribution is 0.0919. The molecule has 0 unspecified atom stereocenters. The Morgan fingerprint density at radius 3 is 3.05 bits per heavy atom. The smallest absolute Gasteiger partial charge is 0.271 e. The van der Waals surface area contributed by atoms with Gasteiger partial charge in [-0.1, -0.05) is 5.16 Å². The van der Waals surface area contributed by atoms with Crippen LogP contribution in [0.2, 0.25) is 0 Å². The number of hydrogen-bond acceptors (Lipinski definition) is 6. The molecule has 1 amide bonds.